The number of rotatable bonds is 4. The van der Waals surface area contributed by atoms with Crippen LogP contribution in [0.25, 0.3) is 16.7 Å². The van der Waals surface area contributed by atoms with Crippen molar-refractivity contribution in [3.05, 3.63) is 59.4 Å². The van der Waals surface area contributed by atoms with Crippen LogP contribution in [0.4, 0.5) is 11.9 Å². The minimum absolute atomic E-state index is 0.126. The van der Waals surface area contributed by atoms with Crippen molar-refractivity contribution in [2.24, 2.45) is 0 Å². The van der Waals surface area contributed by atoms with Crippen LogP contribution in [-0.4, -0.2) is 24.5 Å². The summed E-state index contributed by atoms with van der Waals surface area (Å²) in [7, 11) is 0. The Morgan fingerprint density at radius 2 is 1.67 bits per heavy atom. The highest BCUT2D eigenvalue weighted by Gasteiger charge is 2.15. The van der Waals surface area contributed by atoms with Gasteiger partial charge in [0.15, 0.2) is 5.16 Å². The Kier molecular flexibility index (Phi) is 4.41. The van der Waals surface area contributed by atoms with E-state index in [4.69, 9.17) is 16.5 Å². The van der Waals surface area contributed by atoms with Crippen molar-refractivity contribution in [3.8, 4) is 5.69 Å². The zero-order valence-electron chi connectivity index (χ0n) is 15.0. The zero-order valence-corrected chi connectivity index (χ0v) is 15.9. The monoisotopic (exact) mass is 377 g/mol. The molecule has 2 heterocycles. The molecule has 4 aromatic rings. The third-order valence-corrected chi connectivity index (χ3v) is 5.10. The minimum atomic E-state index is 0.126. The lowest BCUT2D eigenvalue weighted by Gasteiger charge is -2.12. The van der Waals surface area contributed by atoms with Crippen molar-refractivity contribution in [1.82, 2.24) is 24.5 Å². The number of nitrogen functional groups attached to an aromatic ring is 2. The van der Waals surface area contributed by atoms with Crippen molar-refractivity contribution in [2.75, 3.05) is 11.5 Å². The van der Waals surface area contributed by atoms with E-state index in [2.05, 4.69) is 57.6 Å². The molecule has 0 fully saturated rings. The molecule has 0 amide bonds. The Morgan fingerprint density at radius 1 is 0.926 bits per heavy atom. The van der Waals surface area contributed by atoms with Gasteiger partial charge in [-0.15, -0.1) is 0 Å². The summed E-state index contributed by atoms with van der Waals surface area (Å²) in [5, 5.41) is 0.862. The molecule has 7 nitrogen and oxygen atoms in total. The second kappa shape index (κ2) is 6.88. The first kappa shape index (κ1) is 17.3. The molecule has 2 aromatic carbocycles. The van der Waals surface area contributed by atoms with Crippen LogP contribution >= 0.6 is 11.8 Å². The second-order valence-corrected chi connectivity index (χ2v) is 7.21. The van der Waals surface area contributed by atoms with Gasteiger partial charge >= 0.3 is 0 Å². The van der Waals surface area contributed by atoms with Crippen LogP contribution in [-0.2, 0) is 5.75 Å². The first-order chi connectivity index (χ1) is 13.0. The fraction of sp³-hybridized carbons (Fsp3) is 0.158. The van der Waals surface area contributed by atoms with Crippen molar-refractivity contribution in [1.29, 1.82) is 0 Å². The number of thioether (sulfide) groups is 1. The normalized spacial score (nSPS) is 11.2. The Morgan fingerprint density at radius 3 is 2.41 bits per heavy atom. The number of anilines is 2. The van der Waals surface area contributed by atoms with E-state index in [-0.39, 0.29) is 11.9 Å². The van der Waals surface area contributed by atoms with Gasteiger partial charge in [-0.05, 0) is 37.6 Å². The highest BCUT2D eigenvalue weighted by Crippen LogP contribution is 2.31. The largest absolute Gasteiger partial charge is 0.368 e. The molecule has 0 atom stereocenters. The molecule has 2 aromatic heterocycles. The summed E-state index contributed by atoms with van der Waals surface area (Å²) in [6.45, 7) is 4.20. The lowest BCUT2D eigenvalue weighted by atomic mass is 10.1. The summed E-state index contributed by atoms with van der Waals surface area (Å²) in [6, 6.07) is 14.5. The van der Waals surface area contributed by atoms with Gasteiger partial charge in [-0.25, -0.2) is 4.98 Å². The van der Waals surface area contributed by atoms with Crippen molar-refractivity contribution in [2.45, 2.75) is 24.8 Å². The summed E-state index contributed by atoms with van der Waals surface area (Å²) in [6.07, 6.45) is 0. The predicted octanol–water partition coefficient (Wildman–Crippen LogP) is 3.28. The van der Waals surface area contributed by atoms with Gasteiger partial charge in [-0.2, -0.15) is 15.0 Å². The lowest BCUT2D eigenvalue weighted by Crippen LogP contribution is -2.06. The summed E-state index contributed by atoms with van der Waals surface area (Å²) in [4.78, 5) is 16.9. The van der Waals surface area contributed by atoms with Crippen LogP contribution in [0.1, 0.15) is 17.0 Å². The van der Waals surface area contributed by atoms with Gasteiger partial charge in [0.05, 0.1) is 22.5 Å². The van der Waals surface area contributed by atoms with Gasteiger partial charge < -0.3 is 11.5 Å². The van der Waals surface area contributed by atoms with E-state index in [0.29, 0.717) is 11.6 Å². The number of hydrogen-bond acceptors (Lipinski definition) is 7. The fourth-order valence-electron chi connectivity index (χ4n) is 3.04. The Hall–Kier alpha value is -3.13. The number of nitrogens with two attached hydrogens (primary N) is 2. The molecule has 0 unspecified atom stereocenters. The summed E-state index contributed by atoms with van der Waals surface area (Å²) < 4.78 is 2.17. The van der Waals surface area contributed by atoms with Gasteiger partial charge in [0.25, 0.3) is 0 Å². The Bertz CT molecular complexity index is 1120. The maximum atomic E-state index is 5.67. The van der Waals surface area contributed by atoms with E-state index in [1.807, 2.05) is 18.2 Å². The molecule has 0 aliphatic heterocycles. The molecule has 0 spiro atoms. The topological polar surface area (TPSA) is 109 Å². The van der Waals surface area contributed by atoms with E-state index in [9.17, 15) is 0 Å². The number of aromatic nitrogens is 5. The second-order valence-electron chi connectivity index (χ2n) is 6.27. The van der Waals surface area contributed by atoms with Crippen LogP contribution in [0, 0.1) is 13.8 Å². The number of hydrogen-bond donors (Lipinski definition) is 2. The van der Waals surface area contributed by atoms with E-state index in [1.165, 1.54) is 22.9 Å². The van der Waals surface area contributed by atoms with Gasteiger partial charge in [0, 0.05) is 0 Å². The first-order valence-corrected chi connectivity index (χ1v) is 9.43. The summed E-state index contributed by atoms with van der Waals surface area (Å²) in [5.41, 5.74) is 16.9. The van der Waals surface area contributed by atoms with Crippen LogP contribution in [0.5, 0.6) is 0 Å². The van der Waals surface area contributed by atoms with E-state index >= 15 is 0 Å². The molecule has 0 saturated carbocycles. The standard InChI is InChI=1S/C19H19N7S/c1-11-7-8-14(12(2)9-11)26-15-6-4-3-5-13(15)22-19(26)27-10-16-23-17(20)25-18(21)24-16/h3-9H,10H2,1-2H3,(H4,20,21,23,24,25). The molecule has 8 heteroatoms. The van der Waals surface area contributed by atoms with E-state index in [0.717, 1.165) is 21.9 Å². The molecule has 4 rings (SSSR count). The highest BCUT2D eigenvalue weighted by molar-refractivity contribution is 7.98. The molecule has 0 saturated heterocycles. The molecular formula is C19H19N7S. The summed E-state index contributed by atoms with van der Waals surface area (Å²) in [5.74, 6) is 1.27. The Balaban J connectivity index is 1.78. The molecular weight excluding hydrogens is 358 g/mol. The summed E-state index contributed by atoms with van der Waals surface area (Å²) >= 11 is 1.54. The average Bonchev–Trinajstić information content (AvgIpc) is 2.98. The van der Waals surface area contributed by atoms with Crippen molar-refractivity contribution in [3.63, 3.8) is 0 Å². The highest BCUT2D eigenvalue weighted by atomic mass is 32.2. The first-order valence-electron chi connectivity index (χ1n) is 8.45. The molecule has 136 valence electrons. The van der Waals surface area contributed by atoms with E-state index < -0.39 is 0 Å². The predicted molar refractivity (Wildman–Crippen MR) is 109 cm³/mol. The number of aryl methyl sites for hydroxylation is 2. The third kappa shape index (κ3) is 3.43. The van der Waals surface area contributed by atoms with Gasteiger partial charge in [-0.1, -0.05) is 41.6 Å². The van der Waals surface area contributed by atoms with Gasteiger partial charge in [0.2, 0.25) is 11.9 Å². The maximum absolute atomic E-state index is 5.67. The maximum Gasteiger partial charge on any atom is 0.225 e. The molecule has 0 aliphatic carbocycles. The van der Waals surface area contributed by atoms with Crippen LogP contribution < -0.4 is 11.5 Å². The Labute approximate surface area is 160 Å². The number of para-hydroxylation sites is 2. The van der Waals surface area contributed by atoms with E-state index in [1.54, 1.807) is 0 Å². The molecule has 0 radical (unpaired) electrons. The molecule has 0 aliphatic rings. The molecule has 0 bridgehead atoms. The van der Waals surface area contributed by atoms with Crippen molar-refractivity contribution < 1.29 is 0 Å². The van der Waals surface area contributed by atoms with Gasteiger partial charge in [-0.3, -0.25) is 4.57 Å². The van der Waals surface area contributed by atoms with Crippen molar-refractivity contribution >= 4 is 34.7 Å². The number of fused-ring (bicyclic) bond motifs is 1. The number of benzene rings is 2. The van der Waals surface area contributed by atoms with Crippen LogP contribution in [0.2, 0.25) is 0 Å². The van der Waals surface area contributed by atoms with Crippen LogP contribution in [0.3, 0.4) is 0 Å². The SMILES string of the molecule is Cc1ccc(-n2c(SCc3nc(N)nc(N)n3)nc3ccccc32)c(C)c1. The van der Waals surface area contributed by atoms with Gasteiger partial charge in [0.1, 0.15) is 5.82 Å². The fourth-order valence-corrected chi connectivity index (χ4v) is 3.92. The molecule has 4 N–H and O–H groups in total. The average molecular weight is 377 g/mol. The quantitative estimate of drug-likeness (QED) is 0.525. The minimum Gasteiger partial charge on any atom is -0.368 e. The van der Waals surface area contributed by atoms with Crippen LogP contribution in [0.15, 0.2) is 47.6 Å². The molecule has 27 heavy (non-hydrogen) atoms. The number of imidazole rings is 1. The smallest absolute Gasteiger partial charge is 0.225 e. The number of nitrogens with zero attached hydrogens (tertiary/aromatic N) is 5. The zero-order chi connectivity index (χ0) is 19.0. The lowest BCUT2D eigenvalue weighted by molar-refractivity contribution is 0.905. The third-order valence-electron chi connectivity index (χ3n) is 4.17.